The van der Waals surface area contributed by atoms with Crippen molar-refractivity contribution in [3.63, 3.8) is 0 Å². The molecule has 0 spiro atoms. The maximum atomic E-state index is 5.12. The summed E-state index contributed by atoms with van der Waals surface area (Å²) < 4.78 is 0. The number of rotatable bonds is 5. The highest BCUT2D eigenvalue weighted by Crippen LogP contribution is 2.44. The van der Waals surface area contributed by atoms with Crippen LogP contribution in [0.15, 0.2) is 49.1 Å². The summed E-state index contributed by atoms with van der Waals surface area (Å²) in [6.45, 7) is 5.75. The first-order valence-electron chi connectivity index (χ1n) is 11.5. The zero-order valence-electron chi connectivity index (χ0n) is 18.6. The number of nitrogens with zero attached hydrogens (tertiary/aromatic N) is 6. The molecule has 0 aromatic carbocycles. The molecule has 6 rings (SSSR count). The van der Waals surface area contributed by atoms with Gasteiger partial charge in [0.1, 0.15) is 11.6 Å². The molecule has 0 bridgehead atoms. The number of hydrogen-bond donors (Lipinski definition) is 2. The summed E-state index contributed by atoms with van der Waals surface area (Å²) in [7, 11) is 0. The standard InChI is InChI=1S/C25H26N8/c1-16-2-5-19(13-29-16)30-22-12-18(6-7-28-22)24-31-21-15-27-14-20(17-3-4-17)23(21)25(32-24)33-10-8-26-9-11-33/h2,5-7,12-15,17,26H,3-4,8-11H2,1H3,(H,28,30). The minimum Gasteiger partial charge on any atom is -0.353 e. The molecule has 8 nitrogen and oxygen atoms in total. The molecule has 8 heteroatoms. The zero-order chi connectivity index (χ0) is 22.2. The van der Waals surface area contributed by atoms with Crippen LogP contribution in [0.3, 0.4) is 0 Å². The average Bonchev–Trinajstić information content (AvgIpc) is 3.71. The van der Waals surface area contributed by atoms with E-state index in [-0.39, 0.29) is 0 Å². The van der Waals surface area contributed by atoms with Crippen molar-refractivity contribution in [2.75, 3.05) is 36.4 Å². The van der Waals surface area contributed by atoms with E-state index in [1.807, 2.05) is 49.8 Å². The average molecular weight is 439 g/mol. The fraction of sp³-hybridized carbons (Fsp3) is 0.320. The van der Waals surface area contributed by atoms with Crippen LogP contribution in [0.25, 0.3) is 22.3 Å². The Morgan fingerprint density at radius 2 is 1.88 bits per heavy atom. The van der Waals surface area contributed by atoms with Crippen molar-refractivity contribution in [1.29, 1.82) is 0 Å². The van der Waals surface area contributed by atoms with Crippen molar-refractivity contribution < 1.29 is 0 Å². The first kappa shape index (κ1) is 20.0. The van der Waals surface area contributed by atoms with Gasteiger partial charge in [-0.05, 0) is 55.5 Å². The van der Waals surface area contributed by atoms with Crippen molar-refractivity contribution in [3.05, 3.63) is 60.3 Å². The lowest BCUT2D eigenvalue weighted by atomic mass is 10.1. The molecule has 5 heterocycles. The van der Waals surface area contributed by atoms with Crippen LogP contribution in [0.2, 0.25) is 0 Å². The summed E-state index contributed by atoms with van der Waals surface area (Å²) in [5.74, 6) is 3.03. The van der Waals surface area contributed by atoms with Crippen LogP contribution in [0.1, 0.15) is 30.0 Å². The molecule has 1 saturated heterocycles. The van der Waals surface area contributed by atoms with Crippen LogP contribution in [-0.4, -0.2) is 51.1 Å². The van der Waals surface area contributed by atoms with Gasteiger partial charge in [0, 0.05) is 55.2 Å². The predicted octanol–water partition coefficient (Wildman–Crippen LogP) is 3.82. The second-order valence-corrected chi connectivity index (χ2v) is 8.75. The van der Waals surface area contributed by atoms with Gasteiger partial charge in [-0.2, -0.15) is 0 Å². The normalized spacial score (nSPS) is 16.2. The van der Waals surface area contributed by atoms with Crippen LogP contribution in [-0.2, 0) is 0 Å². The molecule has 0 atom stereocenters. The lowest BCUT2D eigenvalue weighted by molar-refractivity contribution is 0.586. The molecule has 0 unspecified atom stereocenters. The number of aryl methyl sites for hydroxylation is 1. The summed E-state index contributed by atoms with van der Waals surface area (Å²) in [6.07, 6.45) is 9.92. The van der Waals surface area contributed by atoms with E-state index in [9.17, 15) is 0 Å². The first-order chi connectivity index (χ1) is 16.2. The Hall–Kier alpha value is -3.65. The third-order valence-electron chi connectivity index (χ3n) is 6.25. The predicted molar refractivity (Wildman–Crippen MR) is 130 cm³/mol. The van der Waals surface area contributed by atoms with Crippen LogP contribution < -0.4 is 15.5 Å². The minimum atomic E-state index is 0.581. The van der Waals surface area contributed by atoms with Crippen LogP contribution >= 0.6 is 0 Å². The number of hydrogen-bond acceptors (Lipinski definition) is 8. The zero-order valence-corrected chi connectivity index (χ0v) is 18.6. The maximum absolute atomic E-state index is 5.12. The summed E-state index contributed by atoms with van der Waals surface area (Å²) in [5.41, 5.74) is 4.99. The van der Waals surface area contributed by atoms with Crippen molar-refractivity contribution in [1.82, 2.24) is 30.2 Å². The fourth-order valence-corrected chi connectivity index (χ4v) is 4.35. The first-order valence-corrected chi connectivity index (χ1v) is 11.5. The van der Waals surface area contributed by atoms with E-state index in [4.69, 9.17) is 9.97 Å². The molecular weight excluding hydrogens is 412 g/mol. The Bertz CT molecular complexity index is 1290. The molecule has 166 valence electrons. The molecule has 1 aliphatic heterocycles. The van der Waals surface area contributed by atoms with Gasteiger partial charge in [-0.15, -0.1) is 0 Å². The third kappa shape index (κ3) is 4.09. The highest BCUT2D eigenvalue weighted by atomic mass is 15.2. The highest BCUT2D eigenvalue weighted by molar-refractivity contribution is 5.94. The van der Waals surface area contributed by atoms with Crippen molar-refractivity contribution in [3.8, 4) is 11.4 Å². The van der Waals surface area contributed by atoms with Gasteiger partial charge in [0.25, 0.3) is 0 Å². The molecule has 2 fully saturated rings. The molecule has 33 heavy (non-hydrogen) atoms. The van der Waals surface area contributed by atoms with Gasteiger partial charge >= 0.3 is 0 Å². The second kappa shape index (κ2) is 8.37. The van der Waals surface area contributed by atoms with Gasteiger partial charge in [0.2, 0.25) is 0 Å². The number of piperazine rings is 1. The summed E-state index contributed by atoms with van der Waals surface area (Å²) in [5, 5.41) is 7.94. The largest absolute Gasteiger partial charge is 0.353 e. The lowest BCUT2D eigenvalue weighted by Crippen LogP contribution is -2.44. The van der Waals surface area contributed by atoms with Gasteiger partial charge in [0.05, 0.1) is 23.6 Å². The smallest absolute Gasteiger partial charge is 0.162 e. The van der Waals surface area contributed by atoms with Crippen molar-refractivity contribution in [2.45, 2.75) is 25.7 Å². The van der Waals surface area contributed by atoms with E-state index in [2.05, 4.69) is 30.5 Å². The van der Waals surface area contributed by atoms with E-state index < -0.39 is 0 Å². The van der Waals surface area contributed by atoms with Gasteiger partial charge < -0.3 is 15.5 Å². The van der Waals surface area contributed by atoms with Gasteiger partial charge in [-0.25, -0.2) is 15.0 Å². The maximum Gasteiger partial charge on any atom is 0.162 e. The van der Waals surface area contributed by atoms with E-state index in [1.165, 1.54) is 18.4 Å². The van der Waals surface area contributed by atoms with Gasteiger partial charge in [-0.3, -0.25) is 9.97 Å². The van der Waals surface area contributed by atoms with Crippen LogP contribution in [0.5, 0.6) is 0 Å². The summed E-state index contributed by atoms with van der Waals surface area (Å²) in [4.78, 5) is 25.8. The molecular formula is C25H26N8. The van der Waals surface area contributed by atoms with E-state index in [0.717, 1.165) is 65.7 Å². The number of nitrogens with one attached hydrogen (secondary N) is 2. The van der Waals surface area contributed by atoms with Gasteiger partial charge in [-0.1, -0.05) is 0 Å². The van der Waals surface area contributed by atoms with Crippen LogP contribution in [0.4, 0.5) is 17.3 Å². The minimum absolute atomic E-state index is 0.581. The Labute approximate surface area is 192 Å². The lowest BCUT2D eigenvalue weighted by Gasteiger charge is -2.30. The molecule has 0 amide bonds. The molecule has 4 aromatic heterocycles. The monoisotopic (exact) mass is 438 g/mol. The Morgan fingerprint density at radius 1 is 1.00 bits per heavy atom. The van der Waals surface area contributed by atoms with E-state index >= 15 is 0 Å². The van der Waals surface area contributed by atoms with Crippen molar-refractivity contribution in [2.24, 2.45) is 0 Å². The van der Waals surface area contributed by atoms with Crippen molar-refractivity contribution >= 4 is 28.2 Å². The molecule has 2 N–H and O–H groups in total. The highest BCUT2D eigenvalue weighted by Gasteiger charge is 2.29. The quantitative estimate of drug-likeness (QED) is 0.486. The fourth-order valence-electron chi connectivity index (χ4n) is 4.35. The SMILES string of the molecule is Cc1ccc(Nc2cc(-c3nc(N4CCNCC4)c4c(C5CC5)cncc4n3)ccn2)cn1. The molecule has 2 aliphatic rings. The Morgan fingerprint density at radius 3 is 2.67 bits per heavy atom. The summed E-state index contributed by atoms with van der Waals surface area (Å²) in [6, 6.07) is 7.92. The second-order valence-electron chi connectivity index (χ2n) is 8.75. The topological polar surface area (TPSA) is 91.8 Å². The van der Waals surface area contributed by atoms with E-state index in [1.54, 1.807) is 6.20 Å². The van der Waals surface area contributed by atoms with E-state index in [0.29, 0.717) is 11.7 Å². The number of pyridine rings is 3. The summed E-state index contributed by atoms with van der Waals surface area (Å²) >= 11 is 0. The Balaban J connectivity index is 1.43. The third-order valence-corrected chi connectivity index (χ3v) is 6.25. The molecule has 0 radical (unpaired) electrons. The molecule has 4 aromatic rings. The molecule has 1 saturated carbocycles. The van der Waals surface area contributed by atoms with Gasteiger partial charge in [0.15, 0.2) is 5.82 Å². The number of fused-ring (bicyclic) bond motifs is 1. The number of anilines is 3. The van der Waals surface area contributed by atoms with Crippen LogP contribution in [0, 0.1) is 6.92 Å². The number of aromatic nitrogens is 5. The Kier molecular flexibility index (Phi) is 5.07. The molecule has 1 aliphatic carbocycles.